The van der Waals surface area contributed by atoms with Crippen molar-refractivity contribution in [3.63, 3.8) is 0 Å². The molecular formula is C17H27NO. The lowest BCUT2D eigenvalue weighted by Crippen LogP contribution is -2.35. The molecule has 0 amide bonds. The maximum Gasteiger partial charge on any atom is 0.0571 e. The van der Waals surface area contributed by atoms with Crippen LogP contribution in [0.15, 0.2) is 18.5 Å². The zero-order chi connectivity index (χ0) is 14.0. The Hall–Kier alpha value is -0.890. The summed E-state index contributed by atoms with van der Waals surface area (Å²) >= 11 is 0. The van der Waals surface area contributed by atoms with E-state index in [9.17, 15) is 5.11 Å². The van der Waals surface area contributed by atoms with Gasteiger partial charge in [0.05, 0.1) is 6.10 Å². The van der Waals surface area contributed by atoms with Crippen molar-refractivity contribution >= 4 is 0 Å². The maximum atomic E-state index is 10.3. The fourth-order valence-electron chi connectivity index (χ4n) is 3.29. The van der Waals surface area contributed by atoms with Crippen molar-refractivity contribution < 1.29 is 5.11 Å². The Morgan fingerprint density at radius 2 is 2.00 bits per heavy atom. The van der Waals surface area contributed by atoms with Crippen LogP contribution >= 0.6 is 0 Å². The molecule has 2 rings (SSSR count). The molecule has 0 saturated heterocycles. The monoisotopic (exact) mass is 261 g/mol. The molecule has 0 aliphatic heterocycles. The molecule has 3 unspecified atom stereocenters. The molecule has 1 aromatic heterocycles. The topological polar surface area (TPSA) is 33.1 Å². The van der Waals surface area contributed by atoms with E-state index in [0.717, 1.165) is 31.6 Å². The highest BCUT2D eigenvalue weighted by Crippen LogP contribution is 2.41. The average Bonchev–Trinajstić information content (AvgIpc) is 2.30. The van der Waals surface area contributed by atoms with Gasteiger partial charge in [0.1, 0.15) is 0 Å². The number of aliphatic hydroxyl groups excluding tert-OH is 1. The number of aryl methyl sites for hydroxylation is 1. The molecule has 0 spiro atoms. The molecule has 2 heteroatoms. The number of nitrogens with zero attached hydrogens (tertiary/aromatic N) is 1. The standard InChI is InChI=1S/C17H27NO/c1-12-7-13(11-18-10-12)8-14-9-15(17(2,3)4)5-6-16(14)19/h7,10-11,14-16,19H,5-6,8-9H2,1-4H3. The number of hydrogen-bond acceptors (Lipinski definition) is 2. The Morgan fingerprint density at radius 3 is 2.63 bits per heavy atom. The SMILES string of the molecule is Cc1cncc(CC2CC(C(C)(C)C)CCC2O)c1. The summed E-state index contributed by atoms with van der Waals surface area (Å²) in [7, 11) is 0. The van der Waals surface area contributed by atoms with Crippen LogP contribution < -0.4 is 0 Å². The zero-order valence-corrected chi connectivity index (χ0v) is 12.7. The van der Waals surface area contributed by atoms with Crippen molar-refractivity contribution in [3.05, 3.63) is 29.6 Å². The Bertz CT molecular complexity index is 422. The van der Waals surface area contributed by atoms with E-state index in [1.165, 1.54) is 11.1 Å². The first-order valence-electron chi connectivity index (χ1n) is 7.45. The van der Waals surface area contributed by atoms with Gasteiger partial charge in [-0.05, 0) is 61.0 Å². The van der Waals surface area contributed by atoms with Gasteiger partial charge >= 0.3 is 0 Å². The van der Waals surface area contributed by atoms with Crippen molar-refractivity contribution in [2.75, 3.05) is 0 Å². The van der Waals surface area contributed by atoms with Gasteiger partial charge in [0.15, 0.2) is 0 Å². The van der Waals surface area contributed by atoms with Crippen LogP contribution in [0.1, 0.15) is 51.2 Å². The molecule has 0 aromatic carbocycles. The summed E-state index contributed by atoms with van der Waals surface area (Å²) in [6.07, 6.45) is 7.90. The molecule has 1 N–H and O–H groups in total. The van der Waals surface area contributed by atoms with Crippen molar-refractivity contribution in [3.8, 4) is 0 Å². The smallest absolute Gasteiger partial charge is 0.0571 e. The van der Waals surface area contributed by atoms with E-state index < -0.39 is 0 Å². The predicted molar refractivity (Wildman–Crippen MR) is 79.0 cm³/mol. The van der Waals surface area contributed by atoms with Crippen LogP contribution in [0, 0.1) is 24.2 Å². The van der Waals surface area contributed by atoms with Gasteiger partial charge in [-0.25, -0.2) is 0 Å². The number of hydrogen-bond donors (Lipinski definition) is 1. The van der Waals surface area contributed by atoms with E-state index in [0.29, 0.717) is 11.3 Å². The second-order valence-electron chi connectivity index (χ2n) is 7.28. The van der Waals surface area contributed by atoms with E-state index in [-0.39, 0.29) is 6.10 Å². The van der Waals surface area contributed by atoms with Gasteiger partial charge in [0.2, 0.25) is 0 Å². The van der Waals surface area contributed by atoms with Crippen molar-refractivity contribution in [1.29, 1.82) is 0 Å². The number of aliphatic hydroxyl groups is 1. The molecule has 19 heavy (non-hydrogen) atoms. The molecule has 0 bridgehead atoms. The van der Waals surface area contributed by atoms with Crippen molar-refractivity contribution in [1.82, 2.24) is 4.98 Å². The van der Waals surface area contributed by atoms with Crippen molar-refractivity contribution in [2.45, 2.75) is 59.5 Å². The molecule has 1 saturated carbocycles. The van der Waals surface area contributed by atoms with E-state index in [1.54, 1.807) is 0 Å². The molecule has 1 aliphatic carbocycles. The minimum Gasteiger partial charge on any atom is -0.393 e. The third-order valence-electron chi connectivity index (χ3n) is 4.60. The van der Waals surface area contributed by atoms with Gasteiger partial charge in [-0.3, -0.25) is 4.98 Å². The van der Waals surface area contributed by atoms with Gasteiger partial charge in [0.25, 0.3) is 0 Å². The fourth-order valence-corrected chi connectivity index (χ4v) is 3.29. The van der Waals surface area contributed by atoms with Gasteiger partial charge in [-0.2, -0.15) is 0 Å². The summed E-state index contributed by atoms with van der Waals surface area (Å²) in [5, 5.41) is 10.3. The molecule has 106 valence electrons. The molecule has 3 atom stereocenters. The summed E-state index contributed by atoms with van der Waals surface area (Å²) in [5.41, 5.74) is 2.82. The van der Waals surface area contributed by atoms with Crippen LogP contribution in [0.4, 0.5) is 0 Å². The molecule has 1 heterocycles. The second kappa shape index (κ2) is 5.62. The summed E-state index contributed by atoms with van der Waals surface area (Å²) < 4.78 is 0. The van der Waals surface area contributed by atoms with Gasteiger partial charge in [0, 0.05) is 12.4 Å². The minimum atomic E-state index is -0.140. The fraction of sp³-hybridized carbons (Fsp3) is 0.706. The van der Waals surface area contributed by atoms with Crippen LogP contribution in [0.3, 0.4) is 0 Å². The van der Waals surface area contributed by atoms with Gasteiger partial charge < -0.3 is 5.11 Å². The first kappa shape index (κ1) is 14.5. The average molecular weight is 261 g/mol. The molecule has 1 fully saturated rings. The third kappa shape index (κ3) is 3.79. The minimum absolute atomic E-state index is 0.140. The summed E-state index contributed by atoms with van der Waals surface area (Å²) in [5.74, 6) is 1.11. The van der Waals surface area contributed by atoms with Crippen LogP contribution in [-0.2, 0) is 6.42 Å². The Kier molecular flexibility index (Phi) is 4.29. The Labute approximate surface area is 117 Å². The number of pyridine rings is 1. The van der Waals surface area contributed by atoms with Crippen LogP contribution in [0.2, 0.25) is 0 Å². The summed E-state index contributed by atoms with van der Waals surface area (Å²) in [6, 6.07) is 2.19. The lowest BCUT2D eigenvalue weighted by molar-refractivity contribution is 0.0196. The van der Waals surface area contributed by atoms with Crippen molar-refractivity contribution in [2.24, 2.45) is 17.3 Å². The number of rotatable bonds is 2. The first-order chi connectivity index (χ1) is 8.86. The van der Waals surface area contributed by atoms with Crippen LogP contribution in [-0.4, -0.2) is 16.2 Å². The normalized spacial score (nSPS) is 28.4. The predicted octanol–water partition coefficient (Wildman–Crippen LogP) is 3.76. The molecule has 1 aliphatic rings. The molecular weight excluding hydrogens is 234 g/mol. The van der Waals surface area contributed by atoms with Crippen LogP contribution in [0.25, 0.3) is 0 Å². The Morgan fingerprint density at radius 1 is 1.26 bits per heavy atom. The molecule has 0 radical (unpaired) electrons. The Balaban J connectivity index is 2.05. The maximum absolute atomic E-state index is 10.3. The van der Waals surface area contributed by atoms with Crippen LogP contribution in [0.5, 0.6) is 0 Å². The molecule has 2 nitrogen and oxygen atoms in total. The van der Waals surface area contributed by atoms with E-state index in [4.69, 9.17) is 0 Å². The lowest BCUT2D eigenvalue weighted by Gasteiger charge is -2.40. The highest BCUT2D eigenvalue weighted by molar-refractivity contribution is 5.17. The van der Waals surface area contributed by atoms with E-state index >= 15 is 0 Å². The highest BCUT2D eigenvalue weighted by Gasteiger charge is 2.34. The lowest BCUT2D eigenvalue weighted by atomic mass is 9.67. The van der Waals surface area contributed by atoms with Gasteiger partial charge in [-0.15, -0.1) is 0 Å². The third-order valence-corrected chi connectivity index (χ3v) is 4.60. The second-order valence-corrected chi connectivity index (χ2v) is 7.28. The van der Waals surface area contributed by atoms with E-state index in [1.807, 2.05) is 12.4 Å². The van der Waals surface area contributed by atoms with Gasteiger partial charge in [-0.1, -0.05) is 26.8 Å². The summed E-state index contributed by atoms with van der Waals surface area (Å²) in [6.45, 7) is 9.04. The quantitative estimate of drug-likeness (QED) is 0.879. The summed E-state index contributed by atoms with van der Waals surface area (Å²) in [4.78, 5) is 4.26. The molecule has 1 aromatic rings. The zero-order valence-electron chi connectivity index (χ0n) is 12.7. The largest absolute Gasteiger partial charge is 0.393 e. The first-order valence-corrected chi connectivity index (χ1v) is 7.45. The van der Waals surface area contributed by atoms with E-state index in [2.05, 4.69) is 38.7 Å². The number of aromatic nitrogens is 1. The highest BCUT2D eigenvalue weighted by atomic mass is 16.3.